The number of nitrogens with one attached hydrogen (secondary N) is 1. The Balaban J connectivity index is 1.81. The number of halogens is 1. The maximum Gasteiger partial charge on any atom is 0.282 e. The van der Waals surface area contributed by atoms with E-state index >= 15 is 0 Å². The average molecular weight is 431 g/mol. The standard InChI is InChI=1S/C19H15ClN4O4S/c1-11-4-2-3-5-16(11)23-18(14-9-29(28)10-15(14)22-23)21-19(25)13-8-12(20)6-7-17(13)24(26)27/h2-8H,9-10H2,1H3,(H,21,25). The lowest BCUT2D eigenvalue weighted by Crippen LogP contribution is -2.18. The number of amides is 1. The number of nitro benzene ring substituents is 1. The van der Waals surface area contributed by atoms with Crippen LogP contribution in [0.4, 0.5) is 11.5 Å². The molecular weight excluding hydrogens is 416 g/mol. The van der Waals surface area contributed by atoms with Gasteiger partial charge in [0.25, 0.3) is 11.6 Å². The predicted octanol–water partition coefficient (Wildman–Crippen LogP) is 3.76. The second kappa shape index (κ2) is 7.41. The summed E-state index contributed by atoms with van der Waals surface area (Å²) in [5, 5.41) is 18.8. The zero-order valence-corrected chi connectivity index (χ0v) is 16.8. The summed E-state index contributed by atoms with van der Waals surface area (Å²) < 4.78 is 13.6. The van der Waals surface area contributed by atoms with Gasteiger partial charge in [-0.2, -0.15) is 5.10 Å². The molecule has 3 aromatic rings. The molecule has 1 aromatic heterocycles. The molecule has 29 heavy (non-hydrogen) atoms. The molecule has 0 aliphatic carbocycles. The summed E-state index contributed by atoms with van der Waals surface area (Å²) in [5.41, 5.74) is 2.48. The molecule has 0 bridgehead atoms. The summed E-state index contributed by atoms with van der Waals surface area (Å²) in [5.74, 6) is 0.233. The Morgan fingerprint density at radius 3 is 2.76 bits per heavy atom. The van der Waals surface area contributed by atoms with Crippen molar-refractivity contribution in [3.05, 3.63) is 80.0 Å². The van der Waals surface area contributed by atoms with E-state index in [9.17, 15) is 19.1 Å². The number of carbonyl (C=O) groups is 1. The molecule has 0 spiro atoms. The number of aryl methyl sites for hydroxylation is 1. The highest BCUT2D eigenvalue weighted by Gasteiger charge is 2.30. The Labute approximate surface area is 173 Å². The molecule has 0 saturated carbocycles. The van der Waals surface area contributed by atoms with Gasteiger partial charge >= 0.3 is 0 Å². The van der Waals surface area contributed by atoms with Crippen LogP contribution in [-0.2, 0) is 22.3 Å². The Morgan fingerprint density at radius 2 is 2.03 bits per heavy atom. The van der Waals surface area contributed by atoms with Crippen molar-refractivity contribution in [2.45, 2.75) is 18.4 Å². The molecule has 0 fully saturated rings. The zero-order chi connectivity index (χ0) is 20.7. The van der Waals surface area contributed by atoms with Gasteiger partial charge in [-0.15, -0.1) is 0 Å². The molecule has 0 saturated heterocycles. The van der Waals surface area contributed by atoms with Crippen LogP contribution in [0.2, 0.25) is 5.02 Å². The minimum Gasteiger partial charge on any atom is -0.306 e. The van der Waals surface area contributed by atoms with Crippen molar-refractivity contribution in [3.8, 4) is 5.69 Å². The van der Waals surface area contributed by atoms with Gasteiger partial charge in [-0.05, 0) is 30.7 Å². The van der Waals surface area contributed by atoms with Crippen LogP contribution in [0.5, 0.6) is 0 Å². The fourth-order valence-electron chi connectivity index (χ4n) is 3.26. The lowest BCUT2D eigenvalue weighted by Gasteiger charge is -2.13. The minimum atomic E-state index is -1.10. The topological polar surface area (TPSA) is 107 Å². The smallest absolute Gasteiger partial charge is 0.282 e. The first-order valence-electron chi connectivity index (χ1n) is 8.62. The predicted molar refractivity (Wildman–Crippen MR) is 110 cm³/mol. The summed E-state index contributed by atoms with van der Waals surface area (Å²) in [6.45, 7) is 1.91. The number of fused-ring (bicyclic) bond motifs is 1. The first kappa shape index (κ1) is 19.3. The van der Waals surface area contributed by atoms with Gasteiger partial charge in [0.05, 0.1) is 27.8 Å². The molecule has 1 atom stereocenters. The molecule has 1 unspecified atom stereocenters. The van der Waals surface area contributed by atoms with Crippen molar-refractivity contribution in [1.82, 2.24) is 9.78 Å². The lowest BCUT2D eigenvalue weighted by atomic mass is 10.1. The molecule has 0 radical (unpaired) electrons. The van der Waals surface area contributed by atoms with E-state index in [-0.39, 0.29) is 22.0 Å². The largest absolute Gasteiger partial charge is 0.306 e. The van der Waals surface area contributed by atoms with Crippen molar-refractivity contribution in [3.63, 3.8) is 0 Å². The second-order valence-corrected chi connectivity index (χ2v) is 8.47. The van der Waals surface area contributed by atoms with Crippen LogP contribution in [0.1, 0.15) is 27.2 Å². The summed E-state index contributed by atoms with van der Waals surface area (Å²) in [6, 6.07) is 11.3. The van der Waals surface area contributed by atoms with Gasteiger partial charge in [0.2, 0.25) is 0 Å². The van der Waals surface area contributed by atoms with Crippen molar-refractivity contribution in [1.29, 1.82) is 0 Å². The SMILES string of the molecule is Cc1ccccc1-n1nc2c(c1NC(=O)c1cc(Cl)ccc1[N+](=O)[O-])CS(=O)C2. The van der Waals surface area contributed by atoms with E-state index in [0.717, 1.165) is 11.3 Å². The van der Waals surface area contributed by atoms with E-state index in [0.29, 0.717) is 22.8 Å². The average Bonchev–Trinajstić information content (AvgIpc) is 3.18. The number of anilines is 1. The summed E-state index contributed by atoms with van der Waals surface area (Å²) in [4.78, 5) is 23.6. The monoisotopic (exact) mass is 430 g/mol. The zero-order valence-electron chi connectivity index (χ0n) is 15.2. The molecule has 10 heteroatoms. The highest BCUT2D eigenvalue weighted by Crippen LogP contribution is 2.33. The van der Waals surface area contributed by atoms with E-state index in [2.05, 4.69) is 10.4 Å². The van der Waals surface area contributed by atoms with Crippen molar-refractivity contribution in [2.24, 2.45) is 0 Å². The van der Waals surface area contributed by atoms with Crippen LogP contribution in [0.15, 0.2) is 42.5 Å². The number of para-hydroxylation sites is 1. The lowest BCUT2D eigenvalue weighted by molar-refractivity contribution is -0.385. The molecule has 1 N–H and O–H groups in total. The fraction of sp³-hybridized carbons (Fsp3) is 0.158. The van der Waals surface area contributed by atoms with Crippen LogP contribution in [0.3, 0.4) is 0 Å². The number of nitrogens with zero attached hydrogens (tertiary/aromatic N) is 3. The van der Waals surface area contributed by atoms with Gasteiger partial charge in [0.15, 0.2) is 0 Å². The molecule has 1 amide bonds. The molecule has 148 valence electrons. The first-order chi connectivity index (χ1) is 13.8. The normalized spacial score (nSPS) is 15.2. The van der Waals surface area contributed by atoms with Gasteiger partial charge in [-0.3, -0.25) is 19.1 Å². The Morgan fingerprint density at radius 1 is 1.28 bits per heavy atom. The van der Waals surface area contributed by atoms with Crippen LogP contribution < -0.4 is 5.32 Å². The van der Waals surface area contributed by atoms with E-state index < -0.39 is 21.6 Å². The quantitative estimate of drug-likeness (QED) is 0.501. The molecule has 8 nitrogen and oxygen atoms in total. The minimum absolute atomic E-state index is 0.159. The van der Waals surface area contributed by atoms with Crippen LogP contribution >= 0.6 is 11.6 Å². The number of benzene rings is 2. The van der Waals surface area contributed by atoms with Crippen molar-refractivity contribution < 1.29 is 13.9 Å². The number of carbonyl (C=O) groups excluding carboxylic acids is 1. The Bertz CT molecular complexity index is 1190. The van der Waals surface area contributed by atoms with E-state index in [1.807, 2.05) is 31.2 Å². The fourth-order valence-corrected chi connectivity index (χ4v) is 4.69. The third kappa shape index (κ3) is 3.54. The number of hydrogen-bond donors (Lipinski definition) is 1. The molecule has 2 aromatic carbocycles. The van der Waals surface area contributed by atoms with Crippen LogP contribution in [0.25, 0.3) is 5.69 Å². The van der Waals surface area contributed by atoms with Crippen molar-refractivity contribution in [2.75, 3.05) is 5.32 Å². The molecule has 2 heterocycles. The number of hydrogen-bond acceptors (Lipinski definition) is 5. The van der Waals surface area contributed by atoms with E-state index in [4.69, 9.17) is 11.6 Å². The third-order valence-corrected chi connectivity index (χ3v) is 6.09. The maximum atomic E-state index is 12.9. The number of nitro groups is 1. The number of rotatable bonds is 4. The Hall–Kier alpha value is -3.04. The molecular formula is C19H15ClN4O4S. The summed E-state index contributed by atoms with van der Waals surface area (Å²) >= 11 is 5.95. The highest BCUT2D eigenvalue weighted by molar-refractivity contribution is 7.83. The Kier molecular flexibility index (Phi) is 4.93. The second-order valence-electron chi connectivity index (χ2n) is 6.57. The molecule has 4 rings (SSSR count). The van der Waals surface area contributed by atoms with Crippen LogP contribution in [0, 0.1) is 17.0 Å². The van der Waals surface area contributed by atoms with Gasteiger partial charge < -0.3 is 5.32 Å². The van der Waals surface area contributed by atoms with E-state index in [1.165, 1.54) is 18.2 Å². The summed E-state index contributed by atoms with van der Waals surface area (Å²) in [6.07, 6.45) is 0. The highest BCUT2D eigenvalue weighted by atomic mass is 35.5. The van der Waals surface area contributed by atoms with Gasteiger partial charge in [0.1, 0.15) is 11.4 Å². The molecule has 1 aliphatic rings. The van der Waals surface area contributed by atoms with Crippen molar-refractivity contribution >= 4 is 39.8 Å². The van der Waals surface area contributed by atoms with Gasteiger partial charge in [-0.25, -0.2) is 4.68 Å². The third-order valence-electron chi connectivity index (χ3n) is 4.65. The first-order valence-corrected chi connectivity index (χ1v) is 10.5. The van der Waals surface area contributed by atoms with Gasteiger partial charge in [-0.1, -0.05) is 29.8 Å². The van der Waals surface area contributed by atoms with Gasteiger partial charge in [0, 0.05) is 27.5 Å². The maximum absolute atomic E-state index is 12.9. The molecule has 1 aliphatic heterocycles. The van der Waals surface area contributed by atoms with E-state index in [1.54, 1.807) is 4.68 Å². The number of aromatic nitrogens is 2. The van der Waals surface area contributed by atoms with Crippen LogP contribution in [-0.4, -0.2) is 24.8 Å². The summed E-state index contributed by atoms with van der Waals surface area (Å²) in [7, 11) is -1.10.